The average Bonchev–Trinajstić information content (AvgIpc) is 2.50. The van der Waals surface area contributed by atoms with Crippen molar-refractivity contribution in [3.63, 3.8) is 0 Å². The summed E-state index contributed by atoms with van der Waals surface area (Å²) in [6.45, 7) is 0. The molecule has 0 aliphatic carbocycles. The van der Waals surface area contributed by atoms with Crippen molar-refractivity contribution in [2.45, 2.75) is 16.2 Å². The quantitative estimate of drug-likeness (QED) is 0.825. The zero-order valence-corrected chi connectivity index (χ0v) is 12.6. The van der Waals surface area contributed by atoms with Gasteiger partial charge in [0.15, 0.2) is 0 Å². The van der Waals surface area contributed by atoms with E-state index in [1.807, 2.05) is 0 Å². The summed E-state index contributed by atoms with van der Waals surface area (Å²) in [4.78, 5) is 23.5. The molecule has 0 radical (unpaired) electrons. The van der Waals surface area contributed by atoms with Crippen molar-refractivity contribution in [3.05, 3.63) is 53.6 Å². The highest BCUT2D eigenvalue weighted by atomic mass is 32.2. The first-order chi connectivity index (χ1) is 10.5. The molecule has 0 spiro atoms. The molecule has 2 aromatic carbocycles. The fourth-order valence-electron chi connectivity index (χ4n) is 1.83. The van der Waals surface area contributed by atoms with Crippen LogP contribution < -0.4 is 0 Å². The smallest absolute Gasteiger partial charge is 0.337 e. The zero-order valence-electron chi connectivity index (χ0n) is 11.8. The summed E-state index contributed by atoms with van der Waals surface area (Å²) in [6.07, 6.45) is -0.0238. The van der Waals surface area contributed by atoms with Gasteiger partial charge in [0.05, 0.1) is 24.0 Å². The number of ether oxygens (including phenoxy) is 1. The number of benzene rings is 2. The van der Waals surface area contributed by atoms with E-state index in [0.717, 1.165) is 4.90 Å². The summed E-state index contributed by atoms with van der Waals surface area (Å²) in [5.41, 5.74) is 0.989. The van der Waals surface area contributed by atoms with Gasteiger partial charge >= 0.3 is 11.9 Å². The highest BCUT2D eigenvalue weighted by Gasteiger charge is 2.10. The Balaban J connectivity index is 2.13. The Morgan fingerprint density at radius 2 is 1.82 bits per heavy atom. The molecule has 0 atom stereocenters. The number of hydrogen-bond acceptors (Lipinski definition) is 5. The van der Waals surface area contributed by atoms with Crippen molar-refractivity contribution >= 4 is 23.7 Å². The number of aromatic hydroxyl groups is 1. The molecule has 0 heterocycles. The molecule has 0 saturated carbocycles. The number of phenols is 1. The van der Waals surface area contributed by atoms with Crippen molar-refractivity contribution < 1.29 is 24.5 Å². The first-order valence-corrected chi connectivity index (χ1v) is 7.21. The second-order valence-electron chi connectivity index (χ2n) is 4.49. The molecular formula is C16H14O5S. The SMILES string of the molecule is COC(=O)c1ccc(Sc2ccc(CC(=O)O)cc2)c(O)c1. The van der Waals surface area contributed by atoms with Gasteiger partial charge in [-0.3, -0.25) is 4.79 Å². The van der Waals surface area contributed by atoms with Gasteiger partial charge < -0.3 is 14.9 Å². The van der Waals surface area contributed by atoms with Gasteiger partial charge in [-0.05, 0) is 35.9 Å². The third-order valence-corrected chi connectivity index (χ3v) is 3.96. The highest BCUT2D eigenvalue weighted by molar-refractivity contribution is 7.99. The number of rotatable bonds is 5. The average molecular weight is 318 g/mol. The molecule has 0 aromatic heterocycles. The van der Waals surface area contributed by atoms with Crippen LogP contribution in [0.2, 0.25) is 0 Å². The Labute approximate surface area is 131 Å². The van der Waals surface area contributed by atoms with Crippen LogP contribution in [0.15, 0.2) is 52.3 Å². The van der Waals surface area contributed by atoms with Gasteiger partial charge in [-0.25, -0.2) is 4.79 Å². The predicted octanol–water partition coefficient (Wildman–Crippen LogP) is 2.96. The Hall–Kier alpha value is -2.47. The fourth-order valence-corrected chi connectivity index (χ4v) is 2.65. The van der Waals surface area contributed by atoms with Crippen LogP contribution in [0.1, 0.15) is 15.9 Å². The lowest BCUT2D eigenvalue weighted by molar-refractivity contribution is -0.136. The van der Waals surface area contributed by atoms with Gasteiger partial charge in [0.1, 0.15) is 5.75 Å². The van der Waals surface area contributed by atoms with E-state index in [2.05, 4.69) is 4.74 Å². The summed E-state index contributed by atoms with van der Waals surface area (Å²) >= 11 is 1.32. The van der Waals surface area contributed by atoms with E-state index in [0.29, 0.717) is 10.5 Å². The van der Waals surface area contributed by atoms with E-state index >= 15 is 0 Å². The maximum Gasteiger partial charge on any atom is 0.337 e. The predicted molar refractivity (Wildman–Crippen MR) is 81.4 cm³/mol. The molecule has 0 unspecified atom stereocenters. The molecule has 5 nitrogen and oxygen atoms in total. The summed E-state index contributed by atoms with van der Waals surface area (Å²) in [6, 6.07) is 11.6. The molecule has 0 aliphatic heterocycles. The lowest BCUT2D eigenvalue weighted by Crippen LogP contribution is -2.00. The van der Waals surface area contributed by atoms with Crippen LogP contribution >= 0.6 is 11.8 Å². The number of hydrogen-bond donors (Lipinski definition) is 2. The van der Waals surface area contributed by atoms with Crippen molar-refractivity contribution in [1.29, 1.82) is 0 Å². The van der Waals surface area contributed by atoms with Crippen LogP contribution in [0.4, 0.5) is 0 Å². The lowest BCUT2D eigenvalue weighted by atomic mass is 10.2. The fraction of sp³-hybridized carbons (Fsp3) is 0.125. The van der Waals surface area contributed by atoms with Crippen LogP contribution in [0, 0.1) is 0 Å². The minimum atomic E-state index is -0.878. The summed E-state index contributed by atoms with van der Waals surface area (Å²) in [5.74, 6) is -1.40. The van der Waals surface area contributed by atoms with Crippen LogP contribution in [0.3, 0.4) is 0 Å². The van der Waals surface area contributed by atoms with Gasteiger partial charge in [0.25, 0.3) is 0 Å². The number of esters is 1. The monoisotopic (exact) mass is 318 g/mol. The summed E-state index contributed by atoms with van der Waals surface area (Å²) in [5, 5.41) is 18.7. The Kier molecular flexibility index (Phi) is 5.06. The number of phenolic OH excluding ortho intramolecular Hbond substituents is 1. The molecule has 0 aliphatic rings. The molecule has 2 N–H and O–H groups in total. The second kappa shape index (κ2) is 7.00. The standard InChI is InChI=1S/C16H14O5S/c1-21-16(20)11-4-7-14(13(17)9-11)22-12-5-2-10(3-6-12)8-15(18)19/h2-7,9,17H,8H2,1H3,(H,18,19). The molecule has 6 heteroatoms. The third kappa shape index (κ3) is 4.02. The van der Waals surface area contributed by atoms with E-state index in [1.54, 1.807) is 36.4 Å². The first-order valence-electron chi connectivity index (χ1n) is 6.39. The van der Waals surface area contributed by atoms with Crippen molar-refractivity contribution in [2.24, 2.45) is 0 Å². The Bertz CT molecular complexity index is 694. The topological polar surface area (TPSA) is 83.8 Å². The second-order valence-corrected chi connectivity index (χ2v) is 5.61. The number of methoxy groups -OCH3 is 1. The maximum atomic E-state index is 11.4. The zero-order chi connectivity index (χ0) is 16.1. The first kappa shape index (κ1) is 15.9. The van der Waals surface area contributed by atoms with E-state index in [9.17, 15) is 14.7 Å². The van der Waals surface area contributed by atoms with Crippen LogP contribution in [-0.2, 0) is 16.0 Å². The number of carbonyl (C=O) groups excluding carboxylic acids is 1. The van der Waals surface area contributed by atoms with E-state index < -0.39 is 11.9 Å². The minimum absolute atomic E-state index is 0.0116. The molecule has 114 valence electrons. The number of carboxylic acid groups (broad SMARTS) is 1. The Morgan fingerprint density at radius 3 is 2.36 bits per heavy atom. The van der Waals surface area contributed by atoms with Crippen molar-refractivity contribution in [1.82, 2.24) is 0 Å². The molecule has 2 rings (SSSR count). The van der Waals surface area contributed by atoms with Crippen LogP contribution in [0.5, 0.6) is 5.75 Å². The normalized spacial score (nSPS) is 10.2. The maximum absolute atomic E-state index is 11.4. The van der Waals surface area contributed by atoms with Gasteiger partial charge in [-0.15, -0.1) is 0 Å². The van der Waals surface area contributed by atoms with E-state index in [-0.39, 0.29) is 17.7 Å². The third-order valence-electron chi connectivity index (χ3n) is 2.89. The lowest BCUT2D eigenvalue weighted by Gasteiger charge is -2.07. The number of carbonyl (C=O) groups is 2. The van der Waals surface area contributed by atoms with Gasteiger partial charge in [0.2, 0.25) is 0 Å². The van der Waals surface area contributed by atoms with Gasteiger partial charge in [-0.1, -0.05) is 23.9 Å². The van der Waals surface area contributed by atoms with Gasteiger partial charge in [-0.2, -0.15) is 0 Å². The van der Waals surface area contributed by atoms with E-state index in [1.165, 1.54) is 24.9 Å². The van der Waals surface area contributed by atoms with Crippen molar-refractivity contribution in [2.75, 3.05) is 7.11 Å². The molecule has 0 saturated heterocycles. The van der Waals surface area contributed by atoms with Crippen molar-refractivity contribution in [3.8, 4) is 5.75 Å². The molecule has 2 aromatic rings. The van der Waals surface area contributed by atoms with Crippen LogP contribution in [-0.4, -0.2) is 29.3 Å². The molecule has 0 amide bonds. The molecule has 22 heavy (non-hydrogen) atoms. The molecule has 0 bridgehead atoms. The number of carboxylic acids is 1. The van der Waals surface area contributed by atoms with Gasteiger partial charge in [0, 0.05) is 4.90 Å². The largest absolute Gasteiger partial charge is 0.507 e. The van der Waals surface area contributed by atoms with E-state index in [4.69, 9.17) is 5.11 Å². The number of aliphatic carboxylic acids is 1. The van der Waals surface area contributed by atoms with Crippen LogP contribution in [0.25, 0.3) is 0 Å². The summed E-state index contributed by atoms with van der Waals surface area (Å²) < 4.78 is 4.59. The highest BCUT2D eigenvalue weighted by Crippen LogP contribution is 2.35. The molecule has 0 fully saturated rings. The summed E-state index contributed by atoms with van der Waals surface area (Å²) in [7, 11) is 1.28. The Morgan fingerprint density at radius 1 is 1.14 bits per heavy atom. The minimum Gasteiger partial charge on any atom is -0.507 e. The molecular weight excluding hydrogens is 304 g/mol.